The smallest absolute Gasteiger partial charge is 0.369 e. The lowest BCUT2D eigenvalue weighted by Gasteiger charge is -2.37. The number of nitrogens with zero attached hydrogens (tertiary/aromatic N) is 2. The lowest BCUT2D eigenvalue weighted by Crippen LogP contribution is -2.55. The molecule has 0 atom stereocenters. The molecular formula is C44H34F12N2O6. The van der Waals surface area contributed by atoms with Crippen molar-refractivity contribution in [3.63, 3.8) is 0 Å². The number of benzene rings is 4. The third-order valence-corrected chi connectivity index (χ3v) is 12.4. The number of carbonyl (C=O) groups excluding carboxylic acids is 4. The average molecular weight is 915 g/mol. The number of alkyl halides is 12. The first-order valence-electron chi connectivity index (χ1n) is 19.4. The average Bonchev–Trinajstić information content (AvgIpc) is 3.89. The number of imide groups is 2. The summed E-state index contributed by atoms with van der Waals surface area (Å²) in [5, 5.41) is 21.5. The van der Waals surface area contributed by atoms with Crippen molar-refractivity contribution in [2.24, 2.45) is 0 Å². The Morgan fingerprint density at radius 1 is 0.547 bits per heavy atom. The van der Waals surface area contributed by atoms with Crippen LogP contribution in [0.1, 0.15) is 109 Å². The van der Waals surface area contributed by atoms with Crippen LogP contribution < -0.4 is 4.90 Å². The molecule has 0 bridgehead atoms. The quantitative estimate of drug-likeness (QED) is 0.134. The van der Waals surface area contributed by atoms with Gasteiger partial charge in [-0.1, -0.05) is 25.1 Å². The van der Waals surface area contributed by atoms with E-state index in [9.17, 15) is 82.1 Å². The number of halogens is 12. The van der Waals surface area contributed by atoms with Crippen LogP contribution >= 0.6 is 0 Å². The normalized spacial score (nSPS) is 16.9. The standard InChI is InChI=1S/C44H34F12N2O6/c1-6-38(11-12-38)30-13-20(4)26(17-31(30)39(63,41(45,46)47)42(48,49)50)27-18-32(40(64,43(51,52)53)44(54,55)56)33(14-21(27)5)58-35(60)25-10-8-23(16-29(25)37(58)62)22-7-9-24-28(15-22)36(61)57(19(2)3)34(24)59/h7-10,13-19,63-64H,6,11-12H2,1-5H3. The fourth-order valence-corrected chi connectivity index (χ4v) is 8.64. The second kappa shape index (κ2) is 14.4. The van der Waals surface area contributed by atoms with E-state index >= 15 is 0 Å². The van der Waals surface area contributed by atoms with Crippen LogP contribution in [0.4, 0.5) is 58.4 Å². The first-order valence-corrected chi connectivity index (χ1v) is 19.4. The number of carbonyl (C=O) groups is 4. The number of hydrogen-bond donors (Lipinski definition) is 2. The number of anilines is 1. The molecule has 0 spiro atoms. The van der Waals surface area contributed by atoms with Crippen LogP contribution in [0.2, 0.25) is 0 Å². The lowest BCUT2D eigenvalue weighted by atomic mass is 9.77. The maximum Gasteiger partial charge on any atom is 0.430 e. The lowest BCUT2D eigenvalue weighted by molar-refractivity contribution is -0.376. The van der Waals surface area contributed by atoms with Crippen LogP contribution in [0.15, 0.2) is 60.7 Å². The molecule has 1 fully saturated rings. The van der Waals surface area contributed by atoms with Gasteiger partial charge in [0.2, 0.25) is 0 Å². The van der Waals surface area contributed by atoms with Gasteiger partial charge in [-0.05, 0) is 134 Å². The molecule has 0 aromatic heterocycles. The summed E-state index contributed by atoms with van der Waals surface area (Å²) >= 11 is 0. The number of rotatable bonds is 8. The molecule has 4 aromatic carbocycles. The first kappa shape index (κ1) is 46.2. The summed E-state index contributed by atoms with van der Waals surface area (Å²) < 4.78 is 176. The Kier molecular flexibility index (Phi) is 10.4. The summed E-state index contributed by atoms with van der Waals surface area (Å²) in [6.07, 6.45) is -26.2. The molecule has 64 heavy (non-hydrogen) atoms. The van der Waals surface area contributed by atoms with Gasteiger partial charge in [0.25, 0.3) is 34.8 Å². The van der Waals surface area contributed by atoms with Crippen LogP contribution in [0.5, 0.6) is 0 Å². The second-order valence-electron chi connectivity index (χ2n) is 16.5. The highest BCUT2D eigenvalue weighted by Crippen LogP contribution is 2.60. The van der Waals surface area contributed by atoms with Crippen LogP contribution in [0.25, 0.3) is 22.3 Å². The van der Waals surface area contributed by atoms with Crippen molar-refractivity contribution >= 4 is 29.3 Å². The molecule has 1 aliphatic carbocycles. The van der Waals surface area contributed by atoms with Gasteiger partial charge in [-0.3, -0.25) is 24.1 Å². The monoisotopic (exact) mass is 914 g/mol. The SMILES string of the molecule is CCC1(c2cc(C)c(-c3cc(C(O)(C(F)(F)F)C(F)(F)F)c(N4C(=O)c5ccc(-c6ccc7c(c6)C(=O)N(C(C)C)C7=O)cc5C4=O)cc3C)cc2C(O)(C(F)(F)F)C(F)(F)F)CC1. The minimum absolute atomic E-state index is 0.0113. The summed E-state index contributed by atoms with van der Waals surface area (Å²) in [5.41, 5.74) is -22.1. The molecule has 2 heterocycles. The summed E-state index contributed by atoms with van der Waals surface area (Å²) in [7, 11) is 0. The van der Waals surface area contributed by atoms with E-state index in [1.165, 1.54) is 31.2 Å². The fourth-order valence-electron chi connectivity index (χ4n) is 8.64. The summed E-state index contributed by atoms with van der Waals surface area (Å²) in [5.74, 6) is -4.21. The molecule has 20 heteroatoms. The Balaban J connectivity index is 1.44. The van der Waals surface area contributed by atoms with Crippen molar-refractivity contribution < 1.29 is 82.1 Å². The molecule has 4 aromatic rings. The molecule has 0 radical (unpaired) electrons. The van der Waals surface area contributed by atoms with Gasteiger partial charge < -0.3 is 10.2 Å². The highest BCUT2D eigenvalue weighted by atomic mass is 19.4. The molecule has 4 amide bonds. The Hall–Kier alpha value is -5.76. The Morgan fingerprint density at radius 3 is 1.38 bits per heavy atom. The molecule has 340 valence electrons. The van der Waals surface area contributed by atoms with E-state index in [0.29, 0.717) is 6.07 Å². The van der Waals surface area contributed by atoms with Crippen molar-refractivity contribution in [3.8, 4) is 22.3 Å². The minimum atomic E-state index is -6.70. The molecule has 2 aliphatic heterocycles. The number of aryl methyl sites for hydroxylation is 2. The highest BCUT2D eigenvalue weighted by molar-refractivity contribution is 6.35. The third kappa shape index (κ3) is 6.52. The zero-order valence-electron chi connectivity index (χ0n) is 33.9. The summed E-state index contributed by atoms with van der Waals surface area (Å²) in [6.45, 7) is 6.74. The minimum Gasteiger partial charge on any atom is -0.369 e. The number of hydrogen-bond acceptors (Lipinski definition) is 6. The van der Waals surface area contributed by atoms with E-state index in [1.54, 1.807) is 13.8 Å². The van der Waals surface area contributed by atoms with Crippen molar-refractivity contribution in [1.29, 1.82) is 0 Å². The Morgan fingerprint density at radius 2 is 0.938 bits per heavy atom. The van der Waals surface area contributed by atoms with Crippen molar-refractivity contribution in [3.05, 3.63) is 111 Å². The summed E-state index contributed by atoms with van der Waals surface area (Å²) in [6, 6.07) is 8.26. The molecule has 1 saturated carbocycles. The van der Waals surface area contributed by atoms with Crippen molar-refractivity contribution in [2.45, 2.75) is 101 Å². The van der Waals surface area contributed by atoms with Crippen molar-refractivity contribution in [2.75, 3.05) is 4.90 Å². The van der Waals surface area contributed by atoms with Gasteiger partial charge in [0.15, 0.2) is 0 Å². The van der Waals surface area contributed by atoms with Gasteiger partial charge in [0.1, 0.15) is 0 Å². The van der Waals surface area contributed by atoms with E-state index in [0.717, 1.165) is 36.9 Å². The molecule has 3 aliphatic rings. The van der Waals surface area contributed by atoms with E-state index in [4.69, 9.17) is 0 Å². The first-order chi connectivity index (χ1) is 29.3. The zero-order valence-corrected chi connectivity index (χ0v) is 33.9. The van der Waals surface area contributed by atoms with Gasteiger partial charge >= 0.3 is 24.7 Å². The Labute approximate surface area is 355 Å². The van der Waals surface area contributed by atoms with Crippen LogP contribution in [0.3, 0.4) is 0 Å². The Bertz CT molecular complexity index is 2660. The van der Waals surface area contributed by atoms with Gasteiger partial charge in [-0.25, -0.2) is 4.90 Å². The maximum absolute atomic E-state index is 14.8. The fraction of sp³-hybridized carbons (Fsp3) is 0.364. The second-order valence-corrected chi connectivity index (χ2v) is 16.5. The maximum atomic E-state index is 14.8. The van der Waals surface area contributed by atoms with E-state index in [2.05, 4.69) is 0 Å². The summed E-state index contributed by atoms with van der Waals surface area (Å²) in [4.78, 5) is 54.8. The molecule has 0 unspecified atom stereocenters. The van der Waals surface area contributed by atoms with E-state index in [1.807, 2.05) is 0 Å². The largest absolute Gasteiger partial charge is 0.430 e. The van der Waals surface area contributed by atoms with Crippen LogP contribution in [-0.4, -0.2) is 69.5 Å². The highest BCUT2D eigenvalue weighted by Gasteiger charge is 2.74. The molecule has 7 rings (SSSR count). The topological polar surface area (TPSA) is 115 Å². The third-order valence-electron chi connectivity index (χ3n) is 12.4. The predicted octanol–water partition coefficient (Wildman–Crippen LogP) is 10.5. The molecule has 8 nitrogen and oxygen atoms in total. The molecule has 2 N–H and O–H groups in total. The van der Waals surface area contributed by atoms with Gasteiger partial charge in [-0.15, -0.1) is 0 Å². The van der Waals surface area contributed by atoms with Gasteiger partial charge in [0, 0.05) is 17.2 Å². The number of aliphatic hydroxyl groups is 2. The number of fused-ring (bicyclic) bond motifs is 2. The predicted molar refractivity (Wildman–Crippen MR) is 203 cm³/mol. The molecular weight excluding hydrogens is 880 g/mol. The van der Waals surface area contributed by atoms with Gasteiger partial charge in [0.05, 0.1) is 27.9 Å². The number of amides is 4. The van der Waals surface area contributed by atoms with Crippen LogP contribution in [-0.2, 0) is 16.6 Å². The molecule has 0 saturated heterocycles. The van der Waals surface area contributed by atoms with Crippen LogP contribution in [0, 0.1) is 13.8 Å². The van der Waals surface area contributed by atoms with E-state index in [-0.39, 0.29) is 64.1 Å². The zero-order chi connectivity index (χ0) is 47.8. The van der Waals surface area contributed by atoms with Crippen molar-refractivity contribution in [1.82, 2.24) is 4.90 Å². The van der Waals surface area contributed by atoms with E-state index < -0.39 is 121 Å². The van der Waals surface area contributed by atoms with Gasteiger partial charge in [-0.2, -0.15) is 52.7 Å².